The topological polar surface area (TPSA) is 49.4 Å². The zero-order valence-electron chi connectivity index (χ0n) is 18.7. The number of hydrogen-bond donors (Lipinski definition) is 1. The fourth-order valence-electron chi connectivity index (χ4n) is 4.04. The van der Waals surface area contributed by atoms with E-state index in [2.05, 4.69) is 5.32 Å². The van der Waals surface area contributed by atoms with E-state index in [0.717, 1.165) is 36.8 Å². The van der Waals surface area contributed by atoms with Gasteiger partial charge in [0.2, 0.25) is 11.8 Å². The molecule has 0 radical (unpaired) electrons. The predicted octanol–water partition coefficient (Wildman–Crippen LogP) is 6.23. The summed E-state index contributed by atoms with van der Waals surface area (Å²) in [4.78, 5) is 28.0. The summed E-state index contributed by atoms with van der Waals surface area (Å²) in [6.45, 7) is 2.16. The average Bonchev–Trinajstić information content (AvgIpc) is 3.29. The maximum absolute atomic E-state index is 13.4. The van der Waals surface area contributed by atoms with E-state index in [1.807, 2.05) is 13.0 Å². The van der Waals surface area contributed by atoms with Gasteiger partial charge in [-0.1, -0.05) is 61.2 Å². The monoisotopic (exact) mass is 510 g/mol. The third-order valence-corrected chi connectivity index (χ3v) is 7.41. The lowest BCUT2D eigenvalue weighted by Crippen LogP contribution is -2.51. The van der Waals surface area contributed by atoms with Gasteiger partial charge in [-0.2, -0.15) is 0 Å². The van der Waals surface area contributed by atoms with Crippen molar-refractivity contribution in [3.8, 4) is 0 Å². The highest BCUT2D eigenvalue weighted by molar-refractivity contribution is 7.99. The molecule has 2 amide bonds. The lowest BCUT2D eigenvalue weighted by molar-refractivity contribution is -0.139. The zero-order chi connectivity index (χ0) is 23.8. The second-order valence-electron chi connectivity index (χ2n) is 8.29. The molecule has 4 nitrogen and oxygen atoms in total. The van der Waals surface area contributed by atoms with Crippen molar-refractivity contribution in [1.82, 2.24) is 10.2 Å². The minimum atomic E-state index is -0.581. The molecule has 0 aliphatic heterocycles. The van der Waals surface area contributed by atoms with Gasteiger partial charge in [0.1, 0.15) is 11.9 Å². The Kier molecular flexibility index (Phi) is 9.90. The number of carbonyl (C=O) groups is 2. The van der Waals surface area contributed by atoms with Gasteiger partial charge in [-0.15, -0.1) is 11.8 Å². The fraction of sp³-hybridized carbons (Fsp3) is 0.440. The highest BCUT2D eigenvalue weighted by atomic mass is 35.5. The molecule has 1 N–H and O–H groups in total. The second kappa shape index (κ2) is 12.6. The fourth-order valence-corrected chi connectivity index (χ4v) is 5.51. The molecule has 33 heavy (non-hydrogen) atoms. The first-order valence-corrected chi connectivity index (χ1v) is 13.1. The molecule has 2 aromatic rings. The number of benzene rings is 2. The number of halogens is 3. The number of nitrogens with zero attached hydrogens (tertiary/aromatic N) is 1. The summed E-state index contributed by atoms with van der Waals surface area (Å²) >= 11 is 13.6. The molecule has 0 saturated heterocycles. The highest BCUT2D eigenvalue weighted by Crippen LogP contribution is 2.25. The first kappa shape index (κ1) is 25.9. The molecule has 0 spiro atoms. The Labute approximate surface area is 209 Å². The molecule has 3 rings (SSSR count). The zero-order valence-corrected chi connectivity index (χ0v) is 21.0. The molecule has 1 unspecified atom stereocenters. The van der Waals surface area contributed by atoms with Crippen LogP contribution in [-0.4, -0.2) is 34.6 Å². The number of hydrogen-bond acceptors (Lipinski definition) is 3. The van der Waals surface area contributed by atoms with Crippen LogP contribution in [0.25, 0.3) is 0 Å². The maximum Gasteiger partial charge on any atom is 0.243 e. The third-order valence-electron chi connectivity index (χ3n) is 5.85. The Bertz CT molecular complexity index is 952. The Balaban J connectivity index is 1.70. The molecule has 1 saturated carbocycles. The molecule has 178 valence electrons. The van der Waals surface area contributed by atoms with Crippen molar-refractivity contribution < 1.29 is 14.0 Å². The Hall–Kier alpha value is -1.76. The second-order valence-corrected chi connectivity index (χ2v) is 10.1. The molecule has 2 aromatic carbocycles. The summed E-state index contributed by atoms with van der Waals surface area (Å²) in [5, 5.41) is 4.25. The van der Waals surface area contributed by atoms with E-state index in [1.165, 1.54) is 23.9 Å². The van der Waals surface area contributed by atoms with Gasteiger partial charge in [0.05, 0.1) is 5.75 Å². The van der Waals surface area contributed by atoms with E-state index < -0.39 is 6.04 Å². The molecule has 0 heterocycles. The van der Waals surface area contributed by atoms with E-state index >= 15 is 0 Å². The van der Waals surface area contributed by atoms with E-state index in [0.29, 0.717) is 22.2 Å². The predicted molar refractivity (Wildman–Crippen MR) is 134 cm³/mol. The summed E-state index contributed by atoms with van der Waals surface area (Å²) in [5.74, 6) is 0.163. The largest absolute Gasteiger partial charge is 0.352 e. The van der Waals surface area contributed by atoms with Gasteiger partial charge in [-0.25, -0.2) is 4.39 Å². The normalized spacial score (nSPS) is 14.8. The average molecular weight is 511 g/mol. The van der Waals surface area contributed by atoms with Crippen LogP contribution in [-0.2, 0) is 21.9 Å². The first-order valence-electron chi connectivity index (χ1n) is 11.2. The van der Waals surface area contributed by atoms with Crippen LogP contribution in [0.2, 0.25) is 10.0 Å². The van der Waals surface area contributed by atoms with E-state index in [1.54, 1.807) is 29.2 Å². The standard InChI is InChI=1S/C25H29Cl2FN2O2S/c1-2-23(25(32)29-21-5-3-4-6-21)30(14-17-7-11-20(28)12-8-17)24(31)16-33-15-18-9-10-19(26)13-22(18)27/h7-13,21,23H,2-6,14-16H2,1H3,(H,29,32). The van der Waals surface area contributed by atoms with Crippen LogP contribution < -0.4 is 5.32 Å². The Morgan fingerprint density at radius 2 is 1.85 bits per heavy atom. The molecule has 1 fully saturated rings. The highest BCUT2D eigenvalue weighted by Gasteiger charge is 2.30. The lowest BCUT2D eigenvalue weighted by atomic mass is 10.1. The van der Waals surface area contributed by atoms with Crippen LogP contribution in [0, 0.1) is 5.82 Å². The van der Waals surface area contributed by atoms with Gasteiger partial charge in [-0.3, -0.25) is 9.59 Å². The quantitative estimate of drug-likeness (QED) is 0.411. The Morgan fingerprint density at radius 3 is 2.48 bits per heavy atom. The molecule has 0 bridgehead atoms. The molecular weight excluding hydrogens is 482 g/mol. The smallest absolute Gasteiger partial charge is 0.243 e. The van der Waals surface area contributed by atoms with Crippen molar-refractivity contribution in [3.63, 3.8) is 0 Å². The molecule has 8 heteroatoms. The SMILES string of the molecule is CCC(C(=O)NC1CCCC1)N(Cc1ccc(F)cc1)C(=O)CSCc1ccc(Cl)cc1Cl. The summed E-state index contributed by atoms with van der Waals surface area (Å²) in [7, 11) is 0. The minimum Gasteiger partial charge on any atom is -0.352 e. The first-order chi connectivity index (χ1) is 15.9. The summed E-state index contributed by atoms with van der Waals surface area (Å²) in [5.41, 5.74) is 1.68. The van der Waals surface area contributed by atoms with E-state index in [4.69, 9.17) is 23.2 Å². The van der Waals surface area contributed by atoms with Crippen molar-refractivity contribution in [1.29, 1.82) is 0 Å². The van der Waals surface area contributed by atoms with Crippen LogP contribution in [0.1, 0.15) is 50.2 Å². The molecule has 1 atom stereocenters. The third kappa shape index (κ3) is 7.62. The van der Waals surface area contributed by atoms with Gasteiger partial charge >= 0.3 is 0 Å². The Morgan fingerprint density at radius 1 is 1.15 bits per heavy atom. The summed E-state index contributed by atoms with van der Waals surface area (Å²) in [6.07, 6.45) is 4.68. The van der Waals surface area contributed by atoms with Gasteiger partial charge in [0.25, 0.3) is 0 Å². The number of thioether (sulfide) groups is 1. The lowest BCUT2D eigenvalue weighted by Gasteiger charge is -2.31. The van der Waals surface area contributed by atoms with Gasteiger partial charge in [-0.05, 0) is 54.7 Å². The van der Waals surface area contributed by atoms with Crippen LogP contribution >= 0.6 is 35.0 Å². The van der Waals surface area contributed by atoms with Gasteiger partial charge < -0.3 is 10.2 Å². The summed E-state index contributed by atoms with van der Waals surface area (Å²) in [6, 6.07) is 10.9. The molecule has 0 aromatic heterocycles. The van der Waals surface area contributed by atoms with E-state index in [9.17, 15) is 14.0 Å². The maximum atomic E-state index is 13.4. The molecular formula is C25H29Cl2FN2O2S. The van der Waals surface area contributed by atoms with Gasteiger partial charge in [0.15, 0.2) is 0 Å². The van der Waals surface area contributed by atoms with Crippen LogP contribution in [0.4, 0.5) is 4.39 Å². The van der Waals surface area contributed by atoms with Crippen molar-refractivity contribution in [2.45, 2.75) is 63.4 Å². The van der Waals surface area contributed by atoms with Crippen molar-refractivity contribution in [2.24, 2.45) is 0 Å². The number of nitrogens with one attached hydrogen (secondary N) is 1. The van der Waals surface area contributed by atoms with Crippen LogP contribution in [0.3, 0.4) is 0 Å². The number of carbonyl (C=O) groups excluding carboxylic acids is 2. The van der Waals surface area contributed by atoms with Crippen molar-refractivity contribution in [3.05, 3.63) is 69.5 Å². The van der Waals surface area contributed by atoms with E-state index in [-0.39, 0.29) is 36.0 Å². The van der Waals surface area contributed by atoms with Crippen LogP contribution in [0.5, 0.6) is 0 Å². The number of rotatable bonds is 10. The van der Waals surface area contributed by atoms with Crippen molar-refractivity contribution in [2.75, 3.05) is 5.75 Å². The van der Waals surface area contributed by atoms with Crippen LogP contribution in [0.15, 0.2) is 42.5 Å². The molecule has 1 aliphatic rings. The minimum absolute atomic E-state index is 0.120. The summed E-state index contributed by atoms with van der Waals surface area (Å²) < 4.78 is 13.4. The molecule has 1 aliphatic carbocycles. The van der Waals surface area contributed by atoms with Gasteiger partial charge in [0, 0.05) is 28.4 Å². The number of amides is 2. The van der Waals surface area contributed by atoms with Crippen molar-refractivity contribution >= 4 is 46.8 Å².